The van der Waals surface area contributed by atoms with Crippen LogP contribution in [0.3, 0.4) is 0 Å². The van der Waals surface area contributed by atoms with Crippen molar-refractivity contribution < 1.29 is 52.7 Å². The van der Waals surface area contributed by atoms with Crippen molar-refractivity contribution in [2.75, 3.05) is 26.2 Å². The first-order valence-electron chi connectivity index (χ1n) is 29.5. The van der Waals surface area contributed by atoms with Gasteiger partial charge in [-0.1, -0.05) is 86.8 Å². The van der Waals surface area contributed by atoms with Crippen molar-refractivity contribution in [1.82, 2.24) is 47.0 Å². The van der Waals surface area contributed by atoms with Crippen LogP contribution in [-0.2, 0) is 65.6 Å². The van der Waals surface area contributed by atoms with Gasteiger partial charge in [-0.2, -0.15) is 0 Å². The van der Waals surface area contributed by atoms with Gasteiger partial charge in [0.1, 0.15) is 42.3 Å². The number of hydrogen-bond acceptors (Lipinski definition) is 13. The fourth-order valence-corrected chi connectivity index (χ4v) is 10.1. The number of nitrogens with two attached hydrogens (primary N) is 4. The zero-order valence-corrected chi connectivity index (χ0v) is 48.6. The number of likely N-dealkylation sites (tertiary alicyclic amines) is 2. The number of unbranched alkanes of at least 4 members (excludes halogenated alkanes) is 5. The fraction of sp³-hybridized carbons (Fsp3) is 0.610. The first kappa shape index (κ1) is 68.0. The number of primary amides is 2. The van der Waals surface area contributed by atoms with E-state index in [0.717, 1.165) is 24.0 Å². The summed E-state index contributed by atoms with van der Waals surface area (Å²) in [5.74, 6) is -5.46. The highest BCUT2D eigenvalue weighted by Crippen LogP contribution is 2.23. The molecule has 15 N–H and O–H groups in total. The number of hydrogen-bond donors (Lipinski definition) is 11. The van der Waals surface area contributed by atoms with Crippen molar-refractivity contribution in [3.63, 3.8) is 0 Å². The molecule has 0 bridgehead atoms. The van der Waals surface area contributed by atoms with Crippen LogP contribution >= 0.6 is 0 Å². The summed E-state index contributed by atoms with van der Waals surface area (Å²) in [6.45, 7) is 6.11. The van der Waals surface area contributed by atoms with Gasteiger partial charge in [0.15, 0.2) is 0 Å². The van der Waals surface area contributed by atoms with Gasteiger partial charge in [-0.15, -0.1) is 0 Å². The monoisotopic (exact) mass is 1160 g/mol. The van der Waals surface area contributed by atoms with Gasteiger partial charge >= 0.3 is 0 Å². The summed E-state index contributed by atoms with van der Waals surface area (Å²) < 4.78 is 0. The number of nitrogens with zero attached hydrogens (tertiary/aromatic N) is 2. The maximum Gasteiger partial charge on any atom is 0.245 e. The number of amides is 11. The molecule has 83 heavy (non-hydrogen) atoms. The van der Waals surface area contributed by atoms with Crippen LogP contribution in [0.15, 0.2) is 60.7 Å². The second-order valence-electron chi connectivity index (χ2n) is 21.8. The Morgan fingerprint density at radius 1 is 0.482 bits per heavy atom. The zero-order chi connectivity index (χ0) is 60.8. The second-order valence-corrected chi connectivity index (χ2v) is 21.8. The standard InChI is InChI=1S/C59H91N13O11/c1-4-5-8-25-42(51(62)75)66-55(79)46(37-41-23-11-7-12-24-41)70-57(81)48-29-20-35-72(48)59(83)44(68-54(78)39(3)61)27-16-18-33-65-50(74)31-14-13-30-49(73)64-32-17-15-26-43(67-53(77)38(2)60)58(82)71-34-19-28-47(71)56(80)69-45(52(63)76)36-40-21-9-6-10-22-40/h6-7,9-12,21-24,38-39,42-48H,4-5,8,13-20,25-37,60-61H2,1-3H3,(H2,62,75)(H2,63,76)(H,64,73)(H,65,74)(H,66,79)(H,67,77)(H,68,78)(H,69,80)(H,70,81)/t38-,39-,42+,43-,44-,45-,46-,47?,48?/m0/s1. The molecule has 0 aromatic heterocycles. The molecule has 0 aliphatic carbocycles. The van der Waals surface area contributed by atoms with Crippen LogP contribution in [0.1, 0.15) is 147 Å². The van der Waals surface area contributed by atoms with E-state index in [2.05, 4.69) is 37.2 Å². The van der Waals surface area contributed by atoms with Gasteiger partial charge < -0.3 is 70.0 Å². The normalized spacial score (nSPS) is 17.3. The smallest absolute Gasteiger partial charge is 0.245 e. The molecule has 9 atom stereocenters. The Hall–Kier alpha value is -7.47. The van der Waals surface area contributed by atoms with Crippen molar-refractivity contribution in [3.05, 3.63) is 71.8 Å². The molecular weight excluding hydrogens is 1070 g/mol. The third-order valence-corrected chi connectivity index (χ3v) is 14.9. The third kappa shape index (κ3) is 23.7. The number of carbonyl (C=O) groups is 11. The first-order chi connectivity index (χ1) is 39.7. The Bertz CT molecular complexity index is 2470. The van der Waals surface area contributed by atoms with E-state index in [1.807, 2.05) is 67.6 Å². The van der Waals surface area contributed by atoms with Crippen LogP contribution in [0, 0.1) is 0 Å². The molecule has 2 aliphatic rings. The van der Waals surface area contributed by atoms with E-state index in [1.54, 1.807) is 0 Å². The molecule has 2 aliphatic heterocycles. The highest BCUT2D eigenvalue weighted by Gasteiger charge is 2.41. The molecule has 2 heterocycles. The van der Waals surface area contributed by atoms with E-state index >= 15 is 0 Å². The highest BCUT2D eigenvalue weighted by molar-refractivity contribution is 5.97. The molecule has 24 heteroatoms. The maximum absolute atomic E-state index is 14.2. The summed E-state index contributed by atoms with van der Waals surface area (Å²) in [6.07, 6.45) is 8.29. The van der Waals surface area contributed by atoms with Crippen molar-refractivity contribution in [1.29, 1.82) is 0 Å². The van der Waals surface area contributed by atoms with E-state index in [4.69, 9.17) is 22.9 Å². The highest BCUT2D eigenvalue weighted by atomic mass is 16.2. The largest absolute Gasteiger partial charge is 0.368 e. The molecule has 2 saturated heterocycles. The molecule has 24 nitrogen and oxygen atoms in total. The maximum atomic E-state index is 14.2. The molecule has 2 aromatic rings. The molecular formula is C59H91N13O11. The Balaban J connectivity index is 1.19. The lowest BCUT2D eigenvalue weighted by molar-refractivity contribution is -0.142. The van der Waals surface area contributed by atoms with Crippen LogP contribution in [-0.4, -0.2) is 155 Å². The molecule has 0 radical (unpaired) electrons. The lowest BCUT2D eigenvalue weighted by Crippen LogP contribution is -2.58. The van der Waals surface area contributed by atoms with Gasteiger partial charge in [0.05, 0.1) is 12.1 Å². The number of carbonyl (C=O) groups excluding carboxylic acids is 11. The van der Waals surface area contributed by atoms with Crippen LogP contribution in [0.25, 0.3) is 0 Å². The zero-order valence-electron chi connectivity index (χ0n) is 48.6. The molecule has 2 unspecified atom stereocenters. The Morgan fingerprint density at radius 2 is 0.867 bits per heavy atom. The summed E-state index contributed by atoms with van der Waals surface area (Å²) in [5, 5.41) is 19.5. The average molecular weight is 1160 g/mol. The molecule has 458 valence electrons. The van der Waals surface area contributed by atoms with Gasteiger partial charge in [-0.05, 0) is 108 Å². The van der Waals surface area contributed by atoms with Gasteiger partial charge in [0, 0.05) is 51.9 Å². The van der Waals surface area contributed by atoms with Gasteiger partial charge in [-0.25, -0.2) is 0 Å². The third-order valence-electron chi connectivity index (χ3n) is 14.9. The minimum Gasteiger partial charge on any atom is -0.368 e. The average Bonchev–Trinajstić information content (AvgIpc) is 4.24. The summed E-state index contributed by atoms with van der Waals surface area (Å²) in [4.78, 5) is 148. The number of rotatable bonds is 37. The van der Waals surface area contributed by atoms with Crippen LogP contribution in [0.4, 0.5) is 0 Å². The van der Waals surface area contributed by atoms with Crippen molar-refractivity contribution in [2.45, 2.75) is 204 Å². The Labute approximate surface area is 487 Å². The Kier molecular flexibility index (Phi) is 29.7. The summed E-state index contributed by atoms with van der Waals surface area (Å²) in [6, 6.07) is 9.54. The van der Waals surface area contributed by atoms with Crippen molar-refractivity contribution in [2.24, 2.45) is 22.9 Å². The number of nitrogens with one attached hydrogen (secondary N) is 7. The lowest BCUT2D eigenvalue weighted by Gasteiger charge is -2.30. The SMILES string of the molecule is CCCCC[C@@H](NC(=O)[C@H](Cc1ccccc1)NC(=O)C1CCCN1C(=O)[C@H](CCCCNC(=O)CCCCC(=O)NCCCC[C@H](NC(=O)[C@H](C)N)C(=O)N1CCCC1C(=O)N[C@@H](Cc1ccccc1)C(N)=O)NC(=O)[C@H](C)N)C(N)=O. The quantitative estimate of drug-likeness (QED) is 0.0405. The van der Waals surface area contributed by atoms with E-state index in [-0.39, 0.29) is 70.0 Å². The van der Waals surface area contributed by atoms with Gasteiger partial charge in [0.2, 0.25) is 65.0 Å². The predicted molar refractivity (Wildman–Crippen MR) is 311 cm³/mol. The van der Waals surface area contributed by atoms with E-state index < -0.39 is 108 Å². The minimum atomic E-state index is -1.09. The summed E-state index contributed by atoms with van der Waals surface area (Å²) in [7, 11) is 0. The fourth-order valence-electron chi connectivity index (χ4n) is 10.1. The molecule has 2 fully saturated rings. The molecule has 4 rings (SSSR count). The molecule has 0 saturated carbocycles. The summed E-state index contributed by atoms with van der Waals surface area (Å²) >= 11 is 0. The molecule has 0 spiro atoms. The lowest BCUT2D eigenvalue weighted by atomic mass is 10.0. The minimum absolute atomic E-state index is 0.116. The van der Waals surface area contributed by atoms with E-state index in [1.165, 1.54) is 23.6 Å². The van der Waals surface area contributed by atoms with E-state index in [9.17, 15) is 52.7 Å². The van der Waals surface area contributed by atoms with Crippen LogP contribution < -0.4 is 60.2 Å². The molecule has 11 amide bonds. The second kappa shape index (κ2) is 36.2. The van der Waals surface area contributed by atoms with Gasteiger partial charge in [-0.3, -0.25) is 52.7 Å². The summed E-state index contributed by atoms with van der Waals surface area (Å²) in [5.41, 5.74) is 24.5. The van der Waals surface area contributed by atoms with E-state index in [0.29, 0.717) is 83.6 Å². The predicted octanol–water partition coefficient (Wildman–Crippen LogP) is 0.256. The van der Waals surface area contributed by atoms with Crippen molar-refractivity contribution >= 4 is 65.0 Å². The Morgan fingerprint density at radius 3 is 1.28 bits per heavy atom. The topological polar surface area (TPSA) is 383 Å². The van der Waals surface area contributed by atoms with Crippen LogP contribution in [0.5, 0.6) is 0 Å². The van der Waals surface area contributed by atoms with Crippen molar-refractivity contribution in [3.8, 4) is 0 Å². The number of benzene rings is 2. The molecule has 2 aromatic carbocycles. The first-order valence-corrected chi connectivity index (χ1v) is 29.5. The van der Waals surface area contributed by atoms with Gasteiger partial charge in [0.25, 0.3) is 0 Å². The van der Waals surface area contributed by atoms with Crippen LogP contribution in [0.2, 0.25) is 0 Å².